The van der Waals surface area contributed by atoms with E-state index >= 15 is 0 Å². The lowest BCUT2D eigenvalue weighted by molar-refractivity contribution is -0.134. The number of primary amides is 1. The predicted molar refractivity (Wildman–Crippen MR) is 247 cm³/mol. The maximum atomic E-state index is 13.6. The third-order valence-electron chi connectivity index (χ3n) is 14.8. The molecular formula is C48H62N12O5. The van der Waals surface area contributed by atoms with Gasteiger partial charge >= 0.3 is 6.03 Å². The number of nitrogens with zero attached hydrogens (tertiary/aromatic N) is 9. The number of hydrogen-bond acceptors (Lipinski definition) is 11. The van der Waals surface area contributed by atoms with E-state index in [0.29, 0.717) is 75.0 Å². The molecule has 17 heteroatoms. The van der Waals surface area contributed by atoms with Crippen molar-refractivity contribution in [1.29, 1.82) is 0 Å². The molecule has 17 nitrogen and oxygen atoms in total. The van der Waals surface area contributed by atoms with Crippen molar-refractivity contribution in [1.82, 2.24) is 44.7 Å². The summed E-state index contributed by atoms with van der Waals surface area (Å²) in [4.78, 5) is 88.3. The van der Waals surface area contributed by atoms with Crippen LogP contribution in [0.4, 0.5) is 22.1 Å². The topological polar surface area (TPSA) is 184 Å². The molecule has 6 aliphatic rings. The van der Waals surface area contributed by atoms with Gasteiger partial charge in [0, 0.05) is 103 Å². The summed E-state index contributed by atoms with van der Waals surface area (Å²) in [6, 6.07) is 13.8. The average Bonchev–Trinajstić information content (AvgIpc) is 3.83. The minimum Gasteiger partial charge on any atom is -0.364 e. The number of nitrogens with two attached hydrogens (primary N) is 1. The molecule has 4 N–H and O–H groups in total. The number of amides is 6. The van der Waals surface area contributed by atoms with Gasteiger partial charge in [-0.25, -0.2) is 14.8 Å². The number of benzene rings is 2. The van der Waals surface area contributed by atoms with E-state index in [1.165, 1.54) is 5.56 Å². The second-order valence-corrected chi connectivity index (χ2v) is 19.0. The van der Waals surface area contributed by atoms with Gasteiger partial charge in [-0.2, -0.15) is 0 Å². The van der Waals surface area contributed by atoms with Gasteiger partial charge in [0.1, 0.15) is 11.9 Å². The Morgan fingerprint density at radius 3 is 2.38 bits per heavy atom. The van der Waals surface area contributed by atoms with E-state index in [4.69, 9.17) is 10.7 Å². The van der Waals surface area contributed by atoms with Gasteiger partial charge in [0.15, 0.2) is 11.5 Å². The van der Waals surface area contributed by atoms with Crippen molar-refractivity contribution in [3.63, 3.8) is 0 Å². The van der Waals surface area contributed by atoms with Crippen LogP contribution in [0.1, 0.15) is 83.0 Å². The fraction of sp³-hybridized carbons (Fsp3) is 0.521. The summed E-state index contributed by atoms with van der Waals surface area (Å²) >= 11 is 0. The Morgan fingerprint density at radius 2 is 1.68 bits per heavy atom. The largest absolute Gasteiger partial charge is 0.364 e. The minimum absolute atomic E-state index is 0.0585. The van der Waals surface area contributed by atoms with Crippen LogP contribution in [0, 0.1) is 0 Å². The molecule has 2 atom stereocenters. The van der Waals surface area contributed by atoms with E-state index in [1.807, 2.05) is 41.1 Å². The molecule has 3 aromatic rings. The van der Waals surface area contributed by atoms with Gasteiger partial charge < -0.3 is 45.8 Å². The number of nitrogens with one attached hydrogen (secondary N) is 2. The second kappa shape index (κ2) is 18.4. The lowest BCUT2D eigenvalue weighted by Gasteiger charge is -2.41. The van der Waals surface area contributed by atoms with E-state index in [2.05, 4.69) is 62.0 Å². The maximum Gasteiger partial charge on any atom is 0.320 e. The van der Waals surface area contributed by atoms with Crippen LogP contribution < -0.4 is 21.3 Å². The summed E-state index contributed by atoms with van der Waals surface area (Å²) in [5.74, 6) is 0.213. The van der Waals surface area contributed by atoms with E-state index in [-0.39, 0.29) is 40.9 Å². The molecule has 6 aliphatic heterocycles. The number of urea groups is 1. The van der Waals surface area contributed by atoms with Gasteiger partial charge in [0.25, 0.3) is 11.8 Å². The summed E-state index contributed by atoms with van der Waals surface area (Å²) in [6.45, 7) is 15.5. The van der Waals surface area contributed by atoms with Crippen molar-refractivity contribution < 1.29 is 24.0 Å². The fourth-order valence-corrected chi connectivity index (χ4v) is 10.6. The Kier molecular flexibility index (Phi) is 12.5. The first-order valence-electron chi connectivity index (χ1n) is 23.3. The van der Waals surface area contributed by atoms with Crippen LogP contribution in [-0.4, -0.2) is 167 Å². The highest BCUT2D eigenvalue weighted by Gasteiger charge is 2.40. The summed E-state index contributed by atoms with van der Waals surface area (Å²) in [5.41, 5.74) is 11.3. The van der Waals surface area contributed by atoms with Crippen molar-refractivity contribution in [2.24, 2.45) is 5.73 Å². The van der Waals surface area contributed by atoms with Gasteiger partial charge in [-0.15, -0.1) is 0 Å². The molecule has 7 heterocycles. The van der Waals surface area contributed by atoms with Crippen LogP contribution in [0.25, 0.3) is 0 Å². The van der Waals surface area contributed by atoms with E-state index in [9.17, 15) is 24.0 Å². The Bertz CT molecular complexity index is 2340. The van der Waals surface area contributed by atoms with E-state index < -0.39 is 11.9 Å². The maximum absolute atomic E-state index is 13.6. The molecule has 5 fully saturated rings. The summed E-state index contributed by atoms with van der Waals surface area (Å²) in [7, 11) is 1.83. The van der Waals surface area contributed by atoms with E-state index in [0.717, 1.165) is 94.7 Å². The monoisotopic (exact) mass is 886 g/mol. The van der Waals surface area contributed by atoms with Crippen LogP contribution >= 0.6 is 0 Å². The lowest BCUT2D eigenvalue weighted by atomic mass is 9.74. The smallest absolute Gasteiger partial charge is 0.320 e. The molecular weight excluding hydrogens is 825 g/mol. The first-order valence-corrected chi connectivity index (χ1v) is 23.3. The molecule has 0 spiro atoms. The lowest BCUT2D eigenvalue weighted by Crippen LogP contribution is -2.52. The zero-order valence-corrected chi connectivity index (χ0v) is 37.8. The number of piperidine rings is 3. The highest BCUT2D eigenvalue weighted by atomic mass is 16.2. The number of aromatic nitrogens is 2. The number of fused-ring (bicyclic) bond motifs is 1. The minimum atomic E-state index is -0.669. The number of hydrogen-bond donors (Lipinski definition) is 3. The summed E-state index contributed by atoms with van der Waals surface area (Å²) in [6.07, 6.45) is 7.23. The molecule has 65 heavy (non-hydrogen) atoms. The SMILES string of the molecule is C=C1CCC(N2Cc3c(CCN4CCN(CC(=O)N5CCC(C)(c6ccc(Nc7nc(N8CCC[C@@H](N9CCN(C)C9=O)C8)cnc7C(N)=O)cc6)CC5)CC4)cccc3C2=O)C(=O)N1. The van der Waals surface area contributed by atoms with Crippen molar-refractivity contribution in [3.8, 4) is 0 Å². The Labute approximate surface area is 381 Å². The molecule has 0 saturated carbocycles. The highest BCUT2D eigenvalue weighted by Crippen LogP contribution is 2.37. The molecule has 2 aromatic carbocycles. The molecule has 1 aromatic heterocycles. The summed E-state index contributed by atoms with van der Waals surface area (Å²) in [5, 5.41) is 6.12. The van der Waals surface area contributed by atoms with Crippen molar-refractivity contribution in [3.05, 3.63) is 88.9 Å². The molecule has 1 unspecified atom stereocenters. The average molecular weight is 887 g/mol. The second-order valence-electron chi connectivity index (χ2n) is 19.0. The molecule has 0 radical (unpaired) electrons. The first-order chi connectivity index (χ1) is 31.3. The van der Waals surface area contributed by atoms with Crippen LogP contribution in [0.5, 0.6) is 0 Å². The van der Waals surface area contributed by atoms with Gasteiger partial charge in [0.2, 0.25) is 11.8 Å². The third-order valence-corrected chi connectivity index (χ3v) is 14.8. The molecule has 5 saturated heterocycles. The number of carbonyl (C=O) groups is 5. The number of carbonyl (C=O) groups excluding carboxylic acids is 5. The zero-order valence-electron chi connectivity index (χ0n) is 37.8. The number of anilines is 3. The number of allylic oxidation sites excluding steroid dienone is 1. The molecule has 0 aliphatic carbocycles. The zero-order chi connectivity index (χ0) is 45.4. The van der Waals surface area contributed by atoms with Gasteiger partial charge in [-0.1, -0.05) is 37.8 Å². The van der Waals surface area contributed by atoms with Gasteiger partial charge in [0.05, 0.1) is 18.8 Å². The Morgan fingerprint density at radius 1 is 0.923 bits per heavy atom. The number of piperazine rings is 1. The number of likely N-dealkylation sites (N-methyl/N-ethyl adjacent to an activating group) is 1. The quantitative estimate of drug-likeness (QED) is 0.243. The Hall–Kier alpha value is -6.07. The Balaban J connectivity index is 0.734. The normalized spacial score (nSPS) is 23.0. The van der Waals surface area contributed by atoms with Crippen molar-refractivity contribution >= 4 is 47.0 Å². The van der Waals surface area contributed by atoms with Crippen molar-refractivity contribution in [2.45, 2.75) is 75.9 Å². The highest BCUT2D eigenvalue weighted by molar-refractivity contribution is 6.02. The van der Waals surface area contributed by atoms with E-state index in [1.54, 1.807) is 16.0 Å². The molecule has 6 amide bonds. The standard InChI is InChI=1S/C48H62N12O5/c1-32-9-14-39(45(63)51-32)60-30-38-33(6-4-8-37(38)46(60)64)15-19-55-23-25-56(26-24-55)31-41(61)57-20-16-48(2,17-21-57)34-10-12-35(13-11-34)52-44-42(43(49)62)50-28-40(53-44)58-18-5-7-36(29-58)59-27-22-54(3)47(59)65/h4,6,8,10-13,28,36,39H,1,5,7,9,14-27,29-31H2,2-3H3,(H2,49,62)(H,51,63)(H,52,53)/t36-,39?/m1/s1. The molecule has 0 bridgehead atoms. The van der Waals surface area contributed by atoms with Gasteiger partial charge in [-0.05, 0) is 85.3 Å². The number of likely N-dealkylation sites (tertiary alicyclic amines) is 1. The molecule has 9 rings (SSSR count). The number of rotatable bonds is 12. The van der Waals surface area contributed by atoms with Crippen molar-refractivity contribution in [2.75, 3.05) is 95.8 Å². The van der Waals surface area contributed by atoms with Crippen LogP contribution in [0.15, 0.2) is 60.9 Å². The predicted octanol–water partition coefficient (Wildman–Crippen LogP) is 3.14. The summed E-state index contributed by atoms with van der Waals surface area (Å²) < 4.78 is 0. The van der Waals surface area contributed by atoms with Crippen LogP contribution in [0.2, 0.25) is 0 Å². The first kappa shape index (κ1) is 44.1. The van der Waals surface area contributed by atoms with Crippen LogP contribution in [-0.2, 0) is 28.0 Å². The molecule has 344 valence electrons. The third kappa shape index (κ3) is 9.25. The van der Waals surface area contributed by atoms with Gasteiger partial charge in [-0.3, -0.25) is 24.1 Å². The van der Waals surface area contributed by atoms with Crippen LogP contribution in [0.3, 0.4) is 0 Å². The fourth-order valence-electron chi connectivity index (χ4n) is 10.6.